The molecule has 0 unspecified atom stereocenters. The molecule has 2 aromatic rings. The van der Waals surface area contributed by atoms with Crippen LogP contribution in [-0.2, 0) is 25.8 Å². The topological polar surface area (TPSA) is 47.1 Å². The molecule has 7 heteroatoms. The van der Waals surface area contributed by atoms with Crippen LogP contribution in [0.1, 0.15) is 17.0 Å². The summed E-state index contributed by atoms with van der Waals surface area (Å²) < 4.78 is 40.7. The fraction of sp³-hybridized carbons (Fsp3) is 0.357. The summed E-state index contributed by atoms with van der Waals surface area (Å²) in [5.41, 5.74) is 5.68. The summed E-state index contributed by atoms with van der Waals surface area (Å²) in [5, 5.41) is 0. The van der Waals surface area contributed by atoms with E-state index < -0.39 is 11.7 Å². The molecule has 1 aromatic carbocycles. The number of anilines is 1. The highest BCUT2D eigenvalue weighted by molar-refractivity contribution is 5.52. The second-order valence-electron chi connectivity index (χ2n) is 5.00. The minimum atomic E-state index is -4.37. The largest absolute Gasteiger partial charge is 0.416 e. The van der Waals surface area contributed by atoms with Crippen molar-refractivity contribution in [3.05, 3.63) is 47.5 Å². The summed E-state index contributed by atoms with van der Waals surface area (Å²) in [6.07, 6.45) is -0.729. The van der Waals surface area contributed by atoms with Crippen molar-refractivity contribution in [2.75, 3.05) is 11.4 Å². The number of alkyl halides is 3. The molecular weight excluding hydrogens is 281 g/mol. The van der Waals surface area contributed by atoms with Crippen LogP contribution in [0.25, 0.3) is 0 Å². The maximum absolute atomic E-state index is 12.9. The van der Waals surface area contributed by atoms with E-state index in [9.17, 15) is 13.2 Å². The second-order valence-corrected chi connectivity index (χ2v) is 5.00. The van der Waals surface area contributed by atoms with E-state index in [1.165, 1.54) is 12.1 Å². The van der Waals surface area contributed by atoms with Crippen molar-refractivity contribution in [1.29, 1.82) is 0 Å². The van der Waals surface area contributed by atoms with Gasteiger partial charge < -0.3 is 15.2 Å². The van der Waals surface area contributed by atoms with E-state index in [1.54, 1.807) is 6.20 Å². The molecule has 0 saturated carbocycles. The Morgan fingerprint density at radius 1 is 1.24 bits per heavy atom. The van der Waals surface area contributed by atoms with Gasteiger partial charge in [0, 0.05) is 37.7 Å². The molecule has 112 valence electrons. The lowest BCUT2D eigenvalue weighted by atomic mass is 10.1. The molecule has 1 aliphatic rings. The molecule has 21 heavy (non-hydrogen) atoms. The third kappa shape index (κ3) is 2.61. The Morgan fingerprint density at radius 2 is 2.05 bits per heavy atom. The highest BCUT2D eigenvalue weighted by atomic mass is 19.4. The number of rotatable bonds is 2. The van der Waals surface area contributed by atoms with Gasteiger partial charge in [0.05, 0.1) is 12.1 Å². The average Bonchev–Trinajstić information content (AvgIpc) is 2.93. The average molecular weight is 296 g/mol. The predicted molar refractivity (Wildman–Crippen MR) is 72.6 cm³/mol. The molecular formula is C14H15F3N4. The lowest BCUT2D eigenvalue weighted by Crippen LogP contribution is -2.33. The third-order valence-corrected chi connectivity index (χ3v) is 3.72. The first kappa shape index (κ1) is 13.9. The van der Waals surface area contributed by atoms with Crippen molar-refractivity contribution in [1.82, 2.24) is 9.55 Å². The van der Waals surface area contributed by atoms with Crippen LogP contribution in [0.5, 0.6) is 0 Å². The Hall–Kier alpha value is -2.02. The number of hydrogen-bond donors (Lipinski definition) is 1. The van der Waals surface area contributed by atoms with E-state index in [4.69, 9.17) is 5.73 Å². The van der Waals surface area contributed by atoms with Crippen molar-refractivity contribution >= 4 is 5.69 Å². The Kier molecular flexibility index (Phi) is 3.36. The molecule has 0 fully saturated rings. The van der Waals surface area contributed by atoms with Gasteiger partial charge >= 0.3 is 6.18 Å². The monoisotopic (exact) mass is 296 g/mol. The Balaban J connectivity index is 1.90. The van der Waals surface area contributed by atoms with Gasteiger partial charge in [-0.05, 0) is 23.8 Å². The standard InChI is InChI=1S/C14H15F3N4/c15-14(16,17)12-2-1-11(7-10(12)8-18)21-6-5-20-4-3-19-13(20)9-21/h1-4,7H,5-6,8-9,18H2. The highest BCUT2D eigenvalue weighted by Gasteiger charge is 2.33. The zero-order chi connectivity index (χ0) is 15.0. The van der Waals surface area contributed by atoms with E-state index in [-0.39, 0.29) is 12.1 Å². The summed E-state index contributed by atoms with van der Waals surface area (Å²) in [4.78, 5) is 6.26. The zero-order valence-electron chi connectivity index (χ0n) is 11.3. The zero-order valence-corrected chi connectivity index (χ0v) is 11.3. The number of nitrogens with two attached hydrogens (primary N) is 1. The van der Waals surface area contributed by atoms with Gasteiger partial charge in [-0.1, -0.05) is 0 Å². The lowest BCUT2D eigenvalue weighted by Gasteiger charge is -2.30. The molecule has 0 spiro atoms. The fourth-order valence-electron chi connectivity index (χ4n) is 2.62. The molecule has 0 aliphatic carbocycles. The second kappa shape index (κ2) is 5.07. The summed E-state index contributed by atoms with van der Waals surface area (Å²) in [5.74, 6) is 0.912. The van der Waals surface area contributed by atoms with Crippen LogP contribution in [0.3, 0.4) is 0 Å². The lowest BCUT2D eigenvalue weighted by molar-refractivity contribution is -0.138. The molecule has 0 bridgehead atoms. The third-order valence-electron chi connectivity index (χ3n) is 3.72. The van der Waals surface area contributed by atoms with Crippen LogP contribution in [-0.4, -0.2) is 16.1 Å². The molecule has 1 aromatic heterocycles. The number of benzene rings is 1. The molecule has 2 heterocycles. The normalized spacial score (nSPS) is 15.1. The van der Waals surface area contributed by atoms with Gasteiger partial charge in [-0.15, -0.1) is 0 Å². The minimum absolute atomic E-state index is 0.119. The Labute approximate surface area is 120 Å². The number of hydrogen-bond acceptors (Lipinski definition) is 3. The van der Waals surface area contributed by atoms with E-state index in [0.717, 1.165) is 30.7 Å². The number of halogens is 3. The number of fused-ring (bicyclic) bond motifs is 1. The van der Waals surface area contributed by atoms with Crippen LogP contribution in [0.4, 0.5) is 18.9 Å². The maximum Gasteiger partial charge on any atom is 0.416 e. The smallest absolute Gasteiger partial charge is 0.362 e. The van der Waals surface area contributed by atoms with Gasteiger partial charge in [-0.25, -0.2) is 4.98 Å². The van der Waals surface area contributed by atoms with Crippen molar-refractivity contribution in [3.8, 4) is 0 Å². The number of nitrogens with zero attached hydrogens (tertiary/aromatic N) is 3. The van der Waals surface area contributed by atoms with Crippen molar-refractivity contribution in [2.45, 2.75) is 25.8 Å². The molecule has 3 rings (SSSR count). The Morgan fingerprint density at radius 3 is 2.76 bits per heavy atom. The van der Waals surface area contributed by atoms with E-state index in [2.05, 4.69) is 4.98 Å². The van der Waals surface area contributed by atoms with E-state index in [1.807, 2.05) is 15.7 Å². The Bertz CT molecular complexity index is 648. The SMILES string of the molecule is NCc1cc(N2CCn3ccnc3C2)ccc1C(F)(F)F. The van der Waals surface area contributed by atoms with Crippen LogP contribution in [0.2, 0.25) is 0 Å². The molecule has 0 atom stereocenters. The van der Waals surface area contributed by atoms with Gasteiger partial charge in [0.1, 0.15) is 5.82 Å². The first-order chi connectivity index (χ1) is 9.99. The molecule has 2 N–H and O–H groups in total. The molecule has 0 amide bonds. The van der Waals surface area contributed by atoms with Crippen LogP contribution >= 0.6 is 0 Å². The summed E-state index contributed by atoms with van der Waals surface area (Å²) in [7, 11) is 0. The van der Waals surface area contributed by atoms with E-state index in [0.29, 0.717) is 6.54 Å². The van der Waals surface area contributed by atoms with Gasteiger partial charge in [0.2, 0.25) is 0 Å². The number of imidazole rings is 1. The number of aromatic nitrogens is 2. The van der Waals surface area contributed by atoms with Crippen LogP contribution < -0.4 is 10.6 Å². The van der Waals surface area contributed by atoms with Crippen molar-refractivity contribution in [3.63, 3.8) is 0 Å². The van der Waals surface area contributed by atoms with Gasteiger partial charge in [-0.3, -0.25) is 0 Å². The van der Waals surface area contributed by atoms with Crippen LogP contribution in [0, 0.1) is 0 Å². The van der Waals surface area contributed by atoms with Gasteiger partial charge in [-0.2, -0.15) is 13.2 Å². The summed E-state index contributed by atoms with van der Waals surface area (Å²) in [6.45, 7) is 1.96. The van der Waals surface area contributed by atoms with Crippen LogP contribution in [0.15, 0.2) is 30.6 Å². The predicted octanol–water partition coefficient (Wildman–Crippen LogP) is 2.38. The first-order valence-electron chi connectivity index (χ1n) is 6.64. The molecule has 0 radical (unpaired) electrons. The minimum Gasteiger partial charge on any atom is -0.362 e. The molecule has 0 saturated heterocycles. The van der Waals surface area contributed by atoms with E-state index >= 15 is 0 Å². The maximum atomic E-state index is 12.9. The summed E-state index contributed by atoms with van der Waals surface area (Å²) >= 11 is 0. The fourth-order valence-corrected chi connectivity index (χ4v) is 2.62. The van der Waals surface area contributed by atoms with Gasteiger partial charge in [0.15, 0.2) is 0 Å². The molecule has 4 nitrogen and oxygen atoms in total. The van der Waals surface area contributed by atoms with Crippen molar-refractivity contribution < 1.29 is 13.2 Å². The van der Waals surface area contributed by atoms with Gasteiger partial charge in [0.25, 0.3) is 0 Å². The molecule has 1 aliphatic heterocycles. The highest BCUT2D eigenvalue weighted by Crippen LogP contribution is 2.34. The van der Waals surface area contributed by atoms with Crippen molar-refractivity contribution in [2.24, 2.45) is 5.73 Å². The first-order valence-corrected chi connectivity index (χ1v) is 6.64. The quantitative estimate of drug-likeness (QED) is 0.925. The summed E-state index contributed by atoms with van der Waals surface area (Å²) in [6, 6.07) is 4.14.